The van der Waals surface area contributed by atoms with Crippen LogP contribution in [0.15, 0.2) is 41.3 Å². The molecule has 1 saturated heterocycles. The number of nitrogens with one attached hydrogen (secondary N) is 1. The van der Waals surface area contributed by atoms with Crippen molar-refractivity contribution < 1.29 is 19.0 Å². The third-order valence-electron chi connectivity index (χ3n) is 6.90. The van der Waals surface area contributed by atoms with E-state index in [0.29, 0.717) is 11.5 Å². The van der Waals surface area contributed by atoms with Crippen LogP contribution < -0.4 is 19.5 Å². The van der Waals surface area contributed by atoms with Crippen LogP contribution >= 0.6 is 11.8 Å². The van der Waals surface area contributed by atoms with Gasteiger partial charge in [0.05, 0.1) is 21.3 Å². The number of hydrogen-bond donors (Lipinski definition) is 1. The van der Waals surface area contributed by atoms with Crippen molar-refractivity contribution in [3.63, 3.8) is 0 Å². The number of benzene rings is 2. The lowest BCUT2D eigenvalue weighted by atomic mass is 9.90. The van der Waals surface area contributed by atoms with Crippen molar-refractivity contribution in [3.8, 4) is 17.2 Å². The van der Waals surface area contributed by atoms with Gasteiger partial charge in [0.25, 0.3) is 0 Å². The number of anilines is 1. The number of amides is 1. The summed E-state index contributed by atoms with van der Waals surface area (Å²) < 4.78 is 16.4. The van der Waals surface area contributed by atoms with E-state index in [4.69, 9.17) is 14.2 Å². The molecule has 1 heterocycles. The van der Waals surface area contributed by atoms with Gasteiger partial charge in [0.2, 0.25) is 5.91 Å². The first kappa shape index (κ1) is 22.8. The minimum absolute atomic E-state index is 0.125. The van der Waals surface area contributed by atoms with E-state index in [1.807, 2.05) is 36.4 Å². The molecule has 1 unspecified atom stereocenters. The summed E-state index contributed by atoms with van der Waals surface area (Å²) >= 11 is 1.70. The Morgan fingerprint density at radius 1 is 1.03 bits per heavy atom. The van der Waals surface area contributed by atoms with Gasteiger partial charge in [0.1, 0.15) is 5.75 Å². The summed E-state index contributed by atoms with van der Waals surface area (Å²) in [6.45, 7) is 2.74. The van der Waals surface area contributed by atoms with Crippen LogP contribution in [0.2, 0.25) is 0 Å². The molecule has 4 rings (SSSR count). The van der Waals surface area contributed by atoms with E-state index in [1.165, 1.54) is 4.90 Å². The first-order valence-electron chi connectivity index (χ1n) is 11.0. The summed E-state index contributed by atoms with van der Waals surface area (Å²) in [5.41, 5.74) is 2.13. The fourth-order valence-corrected chi connectivity index (χ4v) is 5.20. The van der Waals surface area contributed by atoms with Crippen molar-refractivity contribution in [2.75, 3.05) is 46.0 Å². The zero-order valence-electron chi connectivity index (χ0n) is 19.3. The second kappa shape index (κ2) is 9.63. The number of hydrogen-bond acceptors (Lipinski definition) is 6. The molecule has 2 aromatic carbocycles. The predicted octanol–water partition coefficient (Wildman–Crippen LogP) is 4.68. The highest BCUT2D eigenvalue weighted by Gasteiger charge is 2.58. The molecule has 2 aromatic rings. The van der Waals surface area contributed by atoms with Gasteiger partial charge in [-0.3, -0.25) is 9.69 Å². The third-order valence-corrected chi connectivity index (χ3v) is 7.64. The number of rotatable bonds is 8. The Morgan fingerprint density at radius 3 is 2.25 bits per heavy atom. The van der Waals surface area contributed by atoms with Gasteiger partial charge >= 0.3 is 0 Å². The molecule has 0 aromatic heterocycles. The molecule has 1 aliphatic heterocycles. The summed E-state index contributed by atoms with van der Waals surface area (Å²) in [5.74, 6) is 2.47. The second-order valence-electron chi connectivity index (χ2n) is 8.63. The van der Waals surface area contributed by atoms with E-state index in [-0.39, 0.29) is 17.2 Å². The molecule has 1 N–H and O–H groups in total. The molecule has 1 amide bonds. The number of carbonyl (C=O) groups is 1. The smallest absolute Gasteiger partial charge is 0.228 e. The van der Waals surface area contributed by atoms with Crippen molar-refractivity contribution >= 4 is 23.4 Å². The average Bonchev–Trinajstić information content (AvgIpc) is 3.54. The lowest BCUT2D eigenvalue weighted by Crippen LogP contribution is -2.36. The van der Waals surface area contributed by atoms with Crippen molar-refractivity contribution in [1.29, 1.82) is 0 Å². The van der Waals surface area contributed by atoms with Gasteiger partial charge in [-0.1, -0.05) is 0 Å². The van der Waals surface area contributed by atoms with Crippen molar-refractivity contribution in [2.45, 2.75) is 30.7 Å². The largest absolute Gasteiger partial charge is 0.496 e. The molecule has 1 aliphatic carbocycles. The highest BCUT2D eigenvalue weighted by Crippen LogP contribution is 2.59. The van der Waals surface area contributed by atoms with Crippen LogP contribution in [0, 0.1) is 11.3 Å². The maximum atomic E-state index is 12.8. The lowest BCUT2D eigenvalue weighted by Gasteiger charge is -2.33. The first-order valence-corrected chi connectivity index (χ1v) is 12.2. The summed E-state index contributed by atoms with van der Waals surface area (Å²) in [6, 6.07) is 11.9. The fourth-order valence-electron chi connectivity index (χ4n) is 4.79. The molecular weight excluding hydrogens is 424 g/mol. The Balaban J connectivity index is 1.33. The zero-order chi connectivity index (χ0) is 22.7. The molecule has 0 radical (unpaired) electrons. The number of ether oxygens (including phenoxy) is 3. The molecule has 172 valence electrons. The maximum absolute atomic E-state index is 12.8. The van der Waals surface area contributed by atoms with Crippen LogP contribution in [0.1, 0.15) is 24.8 Å². The van der Waals surface area contributed by atoms with Crippen molar-refractivity contribution in [2.24, 2.45) is 11.3 Å². The summed E-state index contributed by atoms with van der Waals surface area (Å²) in [5, 5.41) is 3.11. The Labute approximate surface area is 194 Å². The van der Waals surface area contributed by atoms with Crippen molar-refractivity contribution in [3.05, 3.63) is 42.0 Å². The Hall–Kier alpha value is -2.38. The van der Waals surface area contributed by atoms with Gasteiger partial charge in [0, 0.05) is 34.7 Å². The van der Waals surface area contributed by atoms with E-state index in [0.717, 1.165) is 55.9 Å². The second-order valence-corrected chi connectivity index (χ2v) is 9.51. The van der Waals surface area contributed by atoms with Gasteiger partial charge < -0.3 is 19.5 Å². The number of likely N-dealkylation sites (tertiary alicyclic amines) is 1. The van der Waals surface area contributed by atoms with Gasteiger partial charge in [-0.2, -0.15) is 0 Å². The highest BCUT2D eigenvalue weighted by atomic mass is 32.2. The standard InChI is InChI=1S/C25H32N2O4S/c1-29-21-14-23(31-3)22(30-2)13-17(21)16-27-11-9-25(10-12-27)15-20(25)24(28)26-18-5-7-19(32-4)8-6-18/h5-8,13-14,20H,9-12,15-16H2,1-4H3,(H,26,28). The molecule has 1 atom stereocenters. The molecule has 32 heavy (non-hydrogen) atoms. The Bertz CT molecular complexity index is 955. The van der Waals surface area contributed by atoms with E-state index >= 15 is 0 Å². The average molecular weight is 457 g/mol. The normalized spacial score (nSPS) is 19.4. The van der Waals surface area contributed by atoms with E-state index < -0.39 is 0 Å². The molecular formula is C25H32N2O4S. The maximum Gasteiger partial charge on any atom is 0.228 e. The van der Waals surface area contributed by atoms with Crippen LogP contribution in [0.5, 0.6) is 17.2 Å². The molecule has 6 nitrogen and oxygen atoms in total. The van der Waals surface area contributed by atoms with Crippen LogP contribution in [0.3, 0.4) is 0 Å². The number of carbonyl (C=O) groups excluding carboxylic acids is 1. The summed E-state index contributed by atoms with van der Waals surface area (Å²) in [6.07, 6.45) is 5.14. The summed E-state index contributed by atoms with van der Waals surface area (Å²) in [4.78, 5) is 16.4. The van der Waals surface area contributed by atoms with E-state index in [2.05, 4.69) is 16.5 Å². The van der Waals surface area contributed by atoms with Crippen LogP contribution in [-0.4, -0.2) is 51.5 Å². The van der Waals surface area contributed by atoms with Gasteiger partial charge in [0.15, 0.2) is 11.5 Å². The predicted molar refractivity (Wildman–Crippen MR) is 128 cm³/mol. The molecule has 1 spiro atoms. The molecule has 0 bridgehead atoms. The Kier molecular flexibility index (Phi) is 6.86. The minimum atomic E-state index is 0.125. The molecule has 2 fully saturated rings. The van der Waals surface area contributed by atoms with Crippen molar-refractivity contribution in [1.82, 2.24) is 4.90 Å². The fraction of sp³-hybridized carbons (Fsp3) is 0.480. The Morgan fingerprint density at radius 2 is 1.66 bits per heavy atom. The molecule has 1 saturated carbocycles. The zero-order valence-corrected chi connectivity index (χ0v) is 20.1. The topological polar surface area (TPSA) is 60.0 Å². The number of thioether (sulfide) groups is 1. The van der Waals surface area contributed by atoms with Gasteiger partial charge in [-0.25, -0.2) is 0 Å². The number of nitrogens with zero attached hydrogens (tertiary/aromatic N) is 1. The number of piperidine rings is 1. The number of methoxy groups -OCH3 is 3. The third kappa shape index (κ3) is 4.69. The quantitative estimate of drug-likeness (QED) is 0.583. The van der Waals surface area contributed by atoms with E-state index in [9.17, 15) is 4.79 Å². The van der Waals surface area contributed by atoms with Crippen LogP contribution in [0.4, 0.5) is 5.69 Å². The lowest BCUT2D eigenvalue weighted by molar-refractivity contribution is -0.118. The van der Waals surface area contributed by atoms with Crippen LogP contribution in [-0.2, 0) is 11.3 Å². The SMILES string of the molecule is COc1cc(OC)c(OC)cc1CN1CCC2(CC1)CC2C(=O)Nc1ccc(SC)cc1. The highest BCUT2D eigenvalue weighted by molar-refractivity contribution is 7.98. The first-order chi connectivity index (χ1) is 15.5. The van der Waals surface area contributed by atoms with E-state index in [1.54, 1.807) is 33.1 Å². The molecule has 7 heteroatoms. The van der Waals surface area contributed by atoms with Gasteiger partial charge in [-0.05, 0) is 74.4 Å². The minimum Gasteiger partial charge on any atom is -0.496 e. The van der Waals surface area contributed by atoms with Gasteiger partial charge in [-0.15, -0.1) is 11.8 Å². The molecule has 2 aliphatic rings. The summed E-state index contributed by atoms with van der Waals surface area (Å²) in [7, 11) is 4.95. The monoisotopic (exact) mass is 456 g/mol. The van der Waals surface area contributed by atoms with Crippen LogP contribution in [0.25, 0.3) is 0 Å².